The van der Waals surface area contributed by atoms with E-state index in [1.54, 1.807) is 36.0 Å². The maximum absolute atomic E-state index is 13.2. The van der Waals surface area contributed by atoms with Crippen LogP contribution in [-0.4, -0.2) is 22.6 Å². The standard InChI is InChI=1S/C25H20ClN3O3S/c1-2-13-29-20-12-7-16(14-22(20)33-21-6-4-3-5-19(21)25(29)30)24-27-23(32-28-24)15-31-18-10-8-17(26)9-11-18/h3-12,14H,2,13,15H2,1H3. The van der Waals surface area contributed by atoms with Crippen LogP contribution in [0.15, 0.2) is 81.0 Å². The van der Waals surface area contributed by atoms with Gasteiger partial charge in [0.1, 0.15) is 5.75 Å². The molecule has 8 heteroatoms. The van der Waals surface area contributed by atoms with Gasteiger partial charge in [0.15, 0.2) is 6.61 Å². The second-order valence-corrected chi connectivity index (χ2v) is 9.01. The van der Waals surface area contributed by atoms with Crippen LogP contribution in [0.1, 0.15) is 29.6 Å². The van der Waals surface area contributed by atoms with Crippen molar-refractivity contribution < 1.29 is 14.1 Å². The minimum absolute atomic E-state index is 0.0210. The molecule has 6 nitrogen and oxygen atoms in total. The smallest absolute Gasteiger partial charge is 0.264 e. The maximum Gasteiger partial charge on any atom is 0.264 e. The van der Waals surface area contributed by atoms with E-state index in [-0.39, 0.29) is 12.5 Å². The fourth-order valence-corrected chi connectivity index (χ4v) is 4.86. The third kappa shape index (κ3) is 4.47. The molecule has 0 spiro atoms. The number of fused-ring (bicyclic) bond motifs is 2. The number of nitrogens with zero attached hydrogens (tertiary/aromatic N) is 3. The summed E-state index contributed by atoms with van der Waals surface area (Å²) in [6.45, 7) is 2.87. The Morgan fingerprint density at radius 3 is 2.70 bits per heavy atom. The summed E-state index contributed by atoms with van der Waals surface area (Å²) in [5.74, 6) is 1.53. The van der Waals surface area contributed by atoms with Crippen LogP contribution in [0.3, 0.4) is 0 Å². The summed E-state index contributed by atoms with van der Waals surface area (Å²) in [4.78, 5) is 21.4. The second-order valence-electron chi connectivity index (χ2n) is 7.49. The molecular formula is C25H20ClN3O3S. The fourth-order valence-electron chi connectivity index (χ4n) is 3.62. The summed E-state index contributed by atoms with van der Waals surface area (Å²) in [5, 5.41) is 4.77. The van der Waals surface area contributed by atoms with Crippen LogP contribution >= 0.6 is 23.4 Å². The number of benzene rings is 3. The summed E-state index contributed by atoms with van der Waals surface area (Å²) in [6, 6.07) is 20.7. The lowest BCUT2D eigenvalue weighted by Gasteiger charge is -2.22. The zero-order valence-corrected chi connectivity index (χ0v) is 19.4. The maximum atomic E-state index is 13.2. The number of ether oxygens (including phenoxy) is 1. The van der Waals surface area contributed by atoms with E-state index < -0.39 is 0 Å². The van der Waals surface area contributed by atoms with E-state index in [4.69, 9.17) is 20.9 Å². The Bertz CT molecular complexity index is 1310. The third-order valence-corrected chi connectivity index (χ3v) is 6.56. The lowest BCUT2D eigenvalue weighted by Crippen LogP contribution is -2.31. The van der Waals surface area contributed by atoms with E-state index in [1.807, 2.05) is 47.4 Å². The molecule has 4 aromatic rings. The molecule has 1 aliphatic rings. The van der Waals surface area contributed by atoms with Crippen LogP contribution in [0.5, 0.6) is 5.75 Å². The number of rotatable bonds is 6. The minimum atomic E-state index is 0.0210. The van der Waals surface area contributed by atoms with Crippen LogP contribution < -0.4 is 9.64 Å². The molecule has 0 N–H and O–H groups in total. The third-order valence-electron chi connectivity index (χ3n) is 5.18. The Kier molecular flexibility index (Phi) is 6.07. The SMILES string of the molecule is CCCN1C(=O)c2ccccc2Sc2cc(-c3noc(COc4ccc(Cl)cc4)n3)ccc21. The van der Waals surface area contributed by atoms with Crippen molar-refractivity contribution in [1.29, 1.82) is 0 Å². The van der Waals surface area contributed by atoms with E-state index in [1.165, 1.54) is 0 Å². The number of halogens is 1. The van der Waals surface area contributed by atoms with E-state index in [2.05, 4.69) is 17.1 Å². The predicted octanol–water partition coefficient (Wildman–Crippen LogP) is 6.49. The second kappa shape index (κ2) is 9.29. The van der Waals surface area contributed by atoms with Gasteiger partial charge in [0.05, 0.1) is 11.3 Å². The van der Waals surface area contributed by atoms with E-state index in [0.717, 1.165) is 33.0 Å². The fraction of sp³-hybridized carbons (Fsp3) is 0.160. The highest BCUT2D eigenvalue weighted by molar-refractivity contribution is 7.99. The largest absolute Gasteiger partial charge is 0.484 e. The van der Waals surface area contributed by atoms with Crippen molar-refractivity contribution in [3.63, 3.8) is 0 Å². The summed E-state index contributed by atoms with van der Waals surface area (Å²) < 4.78 is 11.1. The van der Waals surface area contributed by atoms with Gasteiger partial charge in [0.25, 0.3) is 11.8 Å². The van der Waals surface area contributed by atoms with Crippen LogP contribution in [0.25, 0.3) is 11.4 Å². The Balaban J connectivity index is 1.42. The number of carbonyl (C=O) groups excluding carboxylic acids is 1. The molecule has 0 unspecified atom stereocenters. The van der Waals surface area contributed by atoms with Crippen molar-refractivity contribution in [2.24, 2.45) is 0 Å². The zero-order valence-electron chi connectivity index (χ0n) is 17.8. The molecule has 33 heavy (non-hydrogen) atoms. The number of hydrogen-bond acceptors (Lipinski definition) is 6. The van der Waals surface area contributed by atoms with E-state index in [9.17, 15) is 4.79 Å². The Morgan fingerprint density at radius 1 is 1.06 bits per heavy atom. The van der Waals surface area contributed by atoms with Crippen molar-refractivity contribution >= 4 is 35.0 Å². The van der Waals surface area contributed by atoms with Crippen LogP contribution in [0, 0.1) is 0 Å². The Labute approximate surface area is 200 Å². The van der Waals surface area contributed by atoms with Gasteiger partial charge in [-0.2, -0.15) is 4.98 Å². The van der Waals surface area contributed by atoms with Gasteiger partial charge in [-0.25, -0.2) is 0 Å². The van der Waals surface area contributed by atoms with Crippen molar-refractivity contribution in [3.8, 4) is 17.1 Å². The molecule has 1 aromatic heterocycles. The molecule has 1 aliphatic heterocycles. The summed E-state index contributed by atoms with van der Waals surface area (Å²) in [7, 11) is 0. The lowest BCUT2D eigenvalue weighted by molar-refractivity contribution is 0.0984. The average Bonchev–Trinajstić information content (AvgIpc) is 3.27. The van der Waals surface area contributed by atoms with E-state index >= 15 is 0 Å². The summed E-state index contributed by atoms with van der Waals surface area (Å²) >= 11 is 7.48. The molecule has 0 aliphatic carbocycles. The molecule has 3 aromatic carbocycles. The van der Waals surface area contributed by atoms with Crippen molar-refractivity contribution in [2.75, 3.05) is 11.4 Å². The highest BCUT2D eigenvalue weighted by atomic mass is 35.5. The molecule has 0 saturated carbocycles. The molecule has 1 amide bonds. The minimum Gasteiger partial charge on any atom is -0.484 e. The molecule has 0 atom stereocenters. The topological polar surface area (TPSA) is 68.5 Å². The normalized spacial score (nSPS) is 12.8. The molecule has 2 heterocycles. The van der Waals surface area contributed by atoms with Crippen LogP contribution in [-0.2, 0) is 6.61 Å². The molecule has 0 bridgehead atoms. The number of amides is 1. The highest BCUT2D eigenvalue weighted by Gasteiger charge is 2.27. The van der Waals surface area contributed by atoms with Crippen molar-refractivity contribution in [3.05, 3.63) is 83.2 Å². The quantitative estimate of drug-likeness (QED) is 0.316. The predicted molar refractivity (Wildman–Crippen MR) is 128 cm³/mol. The first-order valence-electron chi connectivity index (χ1n) is 10.6. The Morgan fingerprint density at radius 2 is 1.88 bits per heavy atom. The van der Waals surface area contributed by atoms with Crippen LogP contribution in [0.2, 0.25) is 5.02 Å². The number of hydrogen-bond donors (Lipinski definition) is 0. The van der Waals surface area contributed by atoms with Gasteiger partial charge in [-0.05, 0) is 61.0 Å². The summed E-state index contributed by atoms with van der Waals surface area (Å²) in [5.41, 5.74) is 2.42. The Hall–Kier alpha value is -3.29. The van der Waals surface area contributed by atoms with Gasteiger partial charge in [-0.3, -0.25) is 4.79 Å². The molecule has 166 valence electrons. The van der Waals surface area contributed by atoms with Gasteiger partial charge in [0, 0.05) is 26.9 Å². The van der Waals surface area contributed by atoms with Crippen molar-refractivity contribution in [1.82, 2.24) is 10.1 Å². The zero-order chi connectivity index (χ0) is 22.8. The van der Waals surface area contributed by atoms with Gasteiger partial charge >= 0.3 is 0 Å². The van der Waals surface area contributed by atoms with Crippen molar-refractivity contribution in [2.45, 2.75) is 29.7 Å². The molecule has 5 rings (SSSR count). The van der Waals surface area contributed by atoms with Gasteiger partial charge in [-0.15, -0.1) is 0 Å². The van der Waals surface area contributed by atoms with E-state index in [0.29, 0.717) is 29.0 Å². The van der Waals surface area contributed by atoms with Gasteiger partial charge in [0.2, 0.25) is 5.82 Å². The lowest BCUT2D eigenvalue weighted by atomic mass is 10.1. The monoisotopic (exact) mass is 477 g/mol. The molecular weight excluding hydrogens is 458 g/mol. The number of carbonyl (C=O) groups is 1. The first-order valence-corrected chi connectivity index (χ1v) is 11.8. The first-order chi connectivity index (χ1) is 16.1. The van der Waals surface area contributed by atoms with Gasteiger partial charge in [-0.1, -0.05) is 47.6 Å². The summed E-state index contributed by atoms with van der Waals surface area (Å²) in [6.07, 6.45) is 0.863. The number of anilines is 1. The molecule has 0 fully saturated rings. The molecule has 0 radical (unpaired) electrons. The average molecular weight is 478 g/mol. The highest BCUT2D eigenvalue weighted by Crippen LogP contribution is 2.42. The van der Waals surface area contributed by atoms with Gasteiger partial charge < -0.3 is 14.2 Å². The molecule has 0 saturated heterocycles. The first kappa shape index (κ1) is 21.6. The van der Waals surface area contributed by atoms with Crippen LogP contribution in [0.4, 0.5) is 5.69 Å². The number of aromatic nitrogens is 2.